The van der Waals surface area contributed by atoms with Gasteiger partial charge in [0.2, 0.25) is 11.7 Å². The van der Waals surface area contributed by atoms with E-state index in [1.54, 1.807) is 20.8 Å². The Labute approximate surface area is 285 Å². The molecule has 0 aliphatic heterocycles. The molecule has 2 amide bonds. The summed E-state index contributed by atoms with van der Waals surface area (Å²) in [5.74, 6) is -3.38. The van der Waals surface area contributed by atoms with E-state index in [-0.39, 0.29) is 56.3 Å². The topological polar surface area (TPSA) is 200 Å². The molecule has 1 atom stereocenters. The van der Waals surface area contributed by atoms with Gasteiger partial charge in [-0.25, -0.2) is 0 Å². The molecule has 0 aromatic heterocycles. The van der Waals surface area contributed by atoms with Crippen molar-refractivity contribution in [3.8, 4) is 29.6 Å². The quantitative estimate of drug-likeness (QED) is 0.0766. The first-order valence-corrected chi connectivity index (χ1v) is 15.4. The van der Waals surface area contributed by atoms with Crippen molar-refractivity contribution in [1.29, 1.82) is 0 Å². The van der Waals surface area contributed by atoms with E-state index in [1.165, 1.54) is 0 Å². The molecule has 0 aliphatic rings. The number of benzene rings is 1. The monoisotopic (exact) mass is 694 g/mol. The van der Waals surface area contributed by atoms with Gasteiger partial charge in [-0.3, -0.25) is 28.8 Å². The highest BCUT2D eigenvalue weighted by Gasteiger charge is 2.27. The lowest BCUT2D eigenvalue weighted by atomic mass is 10.1. The van der Waals surface area contributed by atoms with Crippen LogP contribution in [0.3, 0.4) is 0 Å². The molecule has 16 heteroatoms. The van der Waals surface area contributed by atoms with Crippen LogP contribution in [0.25, 0.3) is 0 Å². The number of terminal acetylenes is 1. The predicted molar refractivity (Wildman–Crippen MR) is 172 cm³/mol. The molecule has 0 unspecified atom stereocenters. The molecule has 0 fully saturated rings. The molecular weight excluding hydrogens is 648 g/mol. The Morgan fingerprint density at radius 1 is 0.755 bits per heavy atom. The summed E-state index contributed by atoms with van der Waals surface area (Å²) in [6.45, 7) is 10.8. The van der Waals surface area contributed by atoms with E-state index in [4.69, 9.17) is 44.3 Å². The van der Waals surface area contributed by atoms with Gasteiger partial charge in [-0.05, 0) is 39.3 Å². The zero-order chi connectivity index (χ0) is 36.8. The number of nitrogens with one attached hydrogen (secondary N) is 2. The molecule has 0 aliphatic carbocycles. The standard InChI is InChI=1S/C33H46N2O14/c1-8-12-42-14-16-44-18-19-45-17-15-43-13-11-34-32(41)26(9-10-29(39)49-33(5,6)7)35-31(40)25-20-27(46-22(2)36)30(48-24(4)38)28(21-25)47-23(3)37/h1,20-21,26H,9-19H2,2-7H3,(H,34,41)(H,35,40)/t26-/m0/s1. The maximum Gasteiger partial charge on any atom is 0.308 e. The lowest BCUT2D eigenvalue weighted by molar-refractivity contribution is -0.155. The number of rotatable bonds is 22. The van der Waals surface area contributed by atoms with Crippen LogP contribution in [-0.4, -0.2) is 107 Å². The molecule has 272 valence electrons. The molecule has 16 nitrogen and oxygen atoms in total. The first kappa shape index (κ1) is 42.5. The molecule has 1 aromatic carbocycles. The predicted octanol–water partition coefficient (Wildman–Crippen LogP) is 1.50. The number of ether oxygens (including phenoxy) is 8. The highest BCUT2D eigenvalue weighted by Crippen LogP contribution is 2.39. The third kappa shape index (κ3) is 19.8. The zero-order valence-electron chi connectivity index (χ0n) is 28.8. The molecule has 0 saturated carbocycles. The fraction of sp³-hybridized carbons (Fsp3) is 0.576. The normalized spacial score (nSPS) is 11.4. The van der Waals surface area contributed by atoms with Gasteiger partial charge < -0.3 is 48.5 Å². The second kappa shape index (κ2) is 22.9. The van der Waals surface area contributed by atoms with Crippen molar-refractivity contribution in [3.63, 3.8) is 0 Å². The van der Waals surface area contributed by atoms with Crippen molar-refractivity contribution in [1.82, 2.24) is 10.6 Å². The Kier molecular flexibility index (Phi) is 19.9. The van der Waals surface area contributed by atoms with Gasteiger partial charge in [0.25, 0.3) is 5.91 Å². The molecule has 49 heavy (non-hydrogen) atoms. The summed E-state index contributed by atoms with van der Waals surface area (Å²) in [6.07, 6.45) is 4.73. The van der Waals surface area contributed by atoms with Crippen LogP contribution in [0, 0.1) is 12.3 Å². The van der Waals surface area contributed by atoms with Crippen LogP contribution in [0.2, 0.25) is 0 Å². The molecular formula is C33H46N2O14. The smallest absolute Gasteiger partial charge is 0.308 e. The SMILES string of the molecule is C#CCOCCOCCOCCOCCNC(=O)[C@H](CCC(=O)OC(C)(C)C)NC(=O)c1cc(OC(C)=O)c(OC(C)=O)c(OC(C)=O)c1. The molecule has 0 spiro atoms. The van der Waals surface area contributed by atoms with Gasteiger partial charge in [0.05, 0.1) is 46.2 Å². The summed E-state index contributed by atoms with van der Waals surface area (Å²) in [5.41, 5.74) is -0.989. The molecule has 2 N–H and O–H groups in total. The van der Waals surface area contributed by atoms with Crippen molar-refractivity contribution < 1.29 is 66.7 Å². The Hall–Kier alpha value is -4.56. The van der Waals surface area contributed by atoms with Gasteiger partial charge in [-0.1, -0.05) is 5.92 Å². The maximum atomic E-state index is 13.4. The van der Waals surface area contributed by atoms with Gasteiger partial charge >= 0.3 is 23.9 Å². The Balaban J connectivity index is 2.90. The summed E-state index contributed by atoms with van der Waals surface area (Å²) in [5, 5.41) is 5.18. The van der Waals surface area contributed by atoms with Crippen LogP contribution in [0.4, 0.5) is 0 Å². The second-order valence-corrected chi connectivity index (χ2v) is 11.1. The van der Waals surface area contributed by atoms with Gasteiger partial charge in [-0.15, -0.1) is 6.42 Å². The van der Waals surface area contributed by atoms with E-state index in [0.29, 0.717) is 33.0 Å². The number of carbonyl (C=O) groups is 6. The minimum absolute atomic E-state index is 0.0721. The molecule has 0 radical (unpaired) electrons. The largest absolute Gasteiger partial charge is 0.460 e. The maximum absolute atomic E-state index is 13.4. The lowest BCUT2D eigenvalue weighted by Crippen LogP contribution is -2.47. The summed E-state index contributed by atoms with van der Waals surface area (Å²) >= 11 is 0. The third-order valence-corrected chi connectivity index (χ3v) is 5.56. The van der Waals surface area contributed by atoms with Crippen LogP contribution in [-0.2, 0) is 47.7 Å². The molecule has 1 aromatic rings. The minimum Gasteiger partial charge on any atom is -0.460 e. The number of hydrogen-bond acceptors (Lipinski definition) is 14. The summed E-state index contributed by atoms with van der Waals surface area (Å²) in [7, 11) is 0. The van der Waals surface area contributed by atoms with Crippen LogP contribution in [0.5, 0.6) is 17.2 Å². The van der Waals surface area contributed by atoms with Crippen molar-refractivity contribution in [2.75, 3.05) is 59.4 Å². The highest BCUT2D eigenvalue weighted by atomic mass is 16.6. The second-order valence-electron chi connectivity index (χ2n) is 11.1. The van der Waals surface area contributed by atoms with Crippen LogP contribution in [0.15, 0.2) is 12.1 Å². The lowest BCUT2D eigenvalue weighted by Gasteiger charge is -2.22. The Morgan fingerprint density at radius 2 is 1.24 bits per heavy atom. The number of carbonyl (C=O) groups excluding carboxylic acids is 6. The fourth-order valence-electron chi connectivity index (χ4n) is 3.74. The van der Waals surface area contributed by atoms with Gasteiger partial charge in [-0.2, -0.15) is 0 Å². The number of amides is 2. The van der Waals surface area contributed by atoms with Crippen molar-refractivity contribution >= 4 is 35.7 Å². The Morgan fingerprint density at radius 3 is 1.71 bits per heavy atom. The van der Waals surface area contributed by atoms with Crippen molar-refractivity contribution in [2.24, 2.45) is 0 Å². The first-order valence-electron chi connectivity index (χ1n) is 15.4. The molecule has 0 saturated heterocycles. The summed E-state index contributed by atoms with van der Waals surface area (Å²) in [4.78, 5) is 74.1. The van der Waals surface area contributed by atoms with Gasteiger partial charge in [0.1, 0.15) is 18.2 Å². The van der Waals surface area contributed by atoms with E-state index < -0.39 is 53.1 Å². The van der Waals surface area contributed by atoms with E-state index >= 15 is 0 Å². The first-order chi connectivity index (χ1) is 23.1. The number of esters is 4. The van der Waals surface area contributed by atoms with Crippen LogP contribution >= 0.6 is 0 Å². The van der Waals surface area contributed by atoms with Gasteiger partial charge in [0.15, 0.2) is 11.5 Å². The highest BCUT2D eigenvalue weighted by molar-refractivity contribution is 5.99. The van der Waals surface area contributed by atoms with Crippen molar-refractivity contribution in [2.45, 2.75) is 66.0 Å². The third-order valence-electron chi connectivity index (χ3n) is 5.56. The molecule has 1 rings (SSSR count). The summed E-state index contributed by atoms with van der Waals surface area (Å²) in [6, 6.07) is 0.910. The average Bonchev–Trinajstić information content (AvgIpc) is 2.99. The average molecular weight is 695 g/mol. The minimum atomic E-state index is -1.23. The Bertz CT molecular complexity index is 1280. The fourth-order valence-corrected chi connectivity index (χ4v) is 3.74. The van der Waals surface area contributed by atoms with Crippen molar-refractivity contribution in [3.05, 3.63) is 17.7 Å². The number of hydrogen-bond donors (Lipinski definition) is 2. The van der Waals surface area contributed by atoms with E-state index in [1.807, 2.05) is 0 Å². The molecule has 0 heterocycles. The van der Waals surface area contributed by atoms with Crippen LogP contribution < -0.4 is 24.8 Å². The summed E-state index contributed by atoms with van der Waals surface area (Å²) < 4.78 is 41.9. The zero-order valence-corrected chi connectivity index (χ0v) is 28.8. The molecule has 0 bridgehead atoms. The van der Waals surface area contributed by atoms with E-state index in [0.717, 1.165) is 32.9 Å². The van der Waals surface area contributed by atoms with E-state index in [2.05, 4.69) is 16.6 Å². The van der Waals surface area contributed by atoms with Gasteiger partial charge in [0, 0.05) is 39.3 Å². The van der Waals surface area contributed by atoms with Crippen LogP contribution in [0.1, 0.15) is 64.7 Å². The van der Waals surface area contributed by atoms with E-state index in [9.17, 15) is 28.8 Å².